The van der Waals surface area contributed by atoms with Crippen molar-refractivity contribution in [2.45, 2.75) is 13.5 Å². The van der Waals surface area contributed by atoms with Gasteiger partial charge in [-0.1, -0.05) is 15.9 Å². The van der Waals surface area contributed by atoms with E-state index in [9.17, 15) is 4.79 Å². The van der Waals surface area contributed by atoms with E-state index in [1.54, 1.807) is 16.9 Å². The lowest BCUT2D eigenvalue weighted by Crippen LogP contribution is -2.16. The fourth-order valence-corrected chi connectivity index (χ4v) is 2.49. The lowest BCUT2D eigenvalue weighted by Gasteiger charge is -2.08. The summed E-state index contributed by atoms with van der Waals surface area (Å²) in [5, 5.41) is 6.97. The molecule has 0 radical (unpaired) electrons. The molecular weight excluding hydrogens is 409 g/mol. The van der Waals surface area contributed by atoms with Crippen molar-refractivity contribution in [3.63, 3.8) is 0 Å². The van der Waals surface area contributed by atoms with E-state index in [0.29, 0.717) is 11.4 Å². The van der Waals surface area contributed by atoms with E-state index < -0.39 is 0 Å². The summed E-state index contributed by atoms with van der Waals surface area (Å²) in [6, 6.07) is 7.40. The first-order valence-corrected chi connectivity index (χ1v) is 7.27. The predicted molar refractivity (Wildman–Crippen MR) is 82.7 cm³/mol. The van der Waals surface area contributed by atoms with E-state index in [2.05, 4.69) is 48.9 Å². The van der Waals surface area contributed by atoms with Gasteiger partial charge in [0, 0.05) is 20.7 Å². The van der Waals surface area contributed by atoms with Gasteiger partial charge in [-0.15, -0.1) is 0 Å². The van der Waals surface area contributed by atoms with Crippen molar-refractivity contribution >= 4 is 50.2 Å². The molecule has 0 fully saturated rings. The van der Waals surface area contributed by atoms with Gasteiger partial charge in [-0.25, -0.2) is 4.68 Å². The van der Waals surface area contributed by atoms with Crippen LogP contribution in [0.1, 0.15) is 17.3 Å². The number of hydrogen-bond acceptors (Lipinski definition) is 2. The first kappa shape index (κ1) is 13.5. The number of rotatable bonds is 3. The summed E-state index contributed by atoms with van der Waals surface area (Å²) in [5.41, 5.74) is 0.647. The van der Waals surface area contributed by atoms with Gasteiger partial charge in [0.05, 0.1) is 11.8 Å². The second kappa shape index (κ2) is 5.83. The maximum Gasteiger partial charge on any atom is 0.257 e. The van der Waals surface area contributed by atoms with Gasteiger partial charge in [0.2, 0.25) is 0 Å². The smallest absolute Gasteiger partial charge is 0.257 e. The second-order valence-electron chi connectivity index (χ2n) is 3.61. The highest BCUT2D eigenvalue weighted by Gasteiger charge is 2.12. The number of amides is 1. The predicted octanol–water partition coefficient (Wildman–Crippen LogP) is 3.52. The van der Waals surface area contributed by atoms with Crippen molar-refractivity contribution in [1.82, 2.24) is 9.78 Å². The number of aryl methyl sites for hydroxylation is 1. The number of aromatic nitrogens is 2. The van der Waals surface area contributed by atoms with Crippen molar-refractivity contribution in [1.29, 1.82) is 0 Å². The summed E-state index contributed by atoms with van der Waals surface area (Å²) < 4.78 is 3.54. The van der Waals surface area contributed by atoms with Gasteiger partial charge >= 0.3 is 0 Å². The molecule has 1 amide bonds. The maximum absolute atomic E-state index is 12.2. The molecule has 2 aromatic rings. The largest absolute Gasteiger partial charge is 0.307 e. The average Bonchev–Trinajstić information content (AvgIpc) is 2.79. The molecule has 1 aromatic carbocycles. The fourth-order valence-electron chi connectivity index (χ4n) is 1.55. The summed E-state index contributed by atoms with van der Waals surface area (Å²) in [6.07, 6.45) is 1.67. The van der Waals surface area contributed by atoms with Crippen molar-refractivity contribution in [2.24, 2.45) is 0 Å². The van der Waals surface area contributed by atoms with Crippen LogP contribution in [-0.2, 0) is 6.54 Å². The normalized spacial score (nSPS) is 10.4. The lowest BCUT2D eigenvalue weighted by atomic mass is 10.2. The van der Waals surface area contributed by atoms with Crippen LogP contribution >= 0.6 is 38.5 Å². The Bertz CT molecular complexity index is 582. The molecule has 18 heavy (non-hydrogen) atoms. The first-order chi connectivity index (χ1) is 8.61. The van der Waals surface area contributed by atoms with Crippen molar-refractivity contribution < 1.29 is 4.79 Å². The standard InChI is InChI=1S/C12H11BrIN3O/c1-2-17-11(5-6-15-17)16-12(18)9-7-8(13)3-4-10(9)14/h3-7H,2H2,1H3,(H,16,18). The summed E-state index contributed by atoms with van der Waals surface area (Å²) in [4.78, 5) is 12.2. The number of benzene rings is 1. The van der Waals surface area contributed by atoms with Crippen LogP contribution in [0.2, 0.25) is 0 Å². The number of anilines is 1. The highest BCUT2D eigenvalue weighted by Crippen LogP contribution is 2.19. The number of halogens is 2. The van der Waals surface area contributed by atoms with Crippen LogP contribution in [0.25, 0.3) is 0 Å². The highest BCUT2D eigenvalue weighted by molar-refractivity contribution is 14.1. The zero-order chi connectivity index (χ0) is 13.1. The minimum Gasteiger partial charge on any atom is -0.307 e. The Morgan fingerprint density at radius 3 is 3.00 bits per heavy atom. The minimum absolute atomic E-state index is 0.129. The average molecular weight is 420 g/mol. The maximum atomic E-state index is 12.2. The lowest BCUT2D eigenvalue weighted by molar-refractivity contribution is 0.102. The molecule has 2 rings (SSSR count). The van der Waals surface area contributed by atoms with Crippen molar-refractivity contribution in [3.8, 4) is 0 Å². The third-order valence-corrected chi connectivity index (χ3v) is 3.86. The van der Waals surface area contributed by atoms with E-state index >= 15 is 0 Å². The van der Waals surface area contributed by atoms with Gasteiger partial charge in [0.25, 0.3) is 5.91 Å². The Morgan fingerprint density at radius 1 is 1.50 bits per heavy atom. The van der Waals surface area contributed by atoms with Gasteiger partial charge in [0.15, 0.2) is 0 Å². The number of carbonyl (C=O) groups excluding carboxylic acids is 1. The number of nitrogens with zero attached hydrogens (tertiary/aromatic N) is 2. The Balaban J connectivity index is 2.25. The monoisotopic (exact) mass is 419 g/mol. The zero-order valence-electron chi connectivity index (χ0n) is 9.65. The van der Waals surface area contributed by atoms with Gasteiger partial charge in [-0.3, -0.25) is 4.79 Å². The van der Waals surface area contributed by atoms with Crippen LogP contribution < -0.4 is 5.32 Å². The molecule has 4 nitrogen and oxygen atoms in total. The van der Waals surface area contributed by atoms with Crippen LogP contribution in [0, 0.1) is 3.57 Å². The number of hydrogen-bond donors (Lipinski definition) is 1. The molecule has 0 aliphatic rings. The molecule has 0 aliphatic heterocycles. The molecule has 0 bridgehead atoms. The third-order valence-electron chi connectivity index (χ3n) is 2.43. The molecule has 6 heteroatoms. The van der Waals surface area contributed by atoms with Crippen LogP contribution in [0.5, 0.6) is 0 Å². The Hall–Kier alpha value is -0.890. The second-order valence-corrected chi connectivity index (χ2v) is 5.69. The zero-order valence-corrected chi connectivity index (χ0v) is 13.4. The van der Waals surface area contributed by atoms with Crippen LogP contribution in [0.4, 0.5) is 5.82 Å². The van der Waals surface area contributed by atoms with Gasteiger partial charge in [-0.2, -0.15) is 5.10 Å². The van der Waals surface area contributed by atoms with E-state index in [1.165, 1.54) is 0 Å². The van der Waals surface area contributed by atoms with Crippen molar-refractivity contribution in [3.05, 3.63) is 44.1 Å². The van der Waals surface area contributed by atoms with Crippen LogP contribution in [-0.4, -0.2) is 15.7 Å². The molecule has 0 spiro atoms. The minimum atomic E-state index is -0.129. The quantitative estimate of drug-likeness (QED) is 0.773. The molecule has 1 aromatic heterocycles. The topological polar surface area (TPSA) is 46.9 Å². The molecule has 1 N–H and O–H groups in total. The van der Waals surface area contributed by atoms with E-state index in [-0.39, 0.29) is 5.91 Å². The Morgan fingerprint density at radius 2 is 2.28 bits per heavy atom. The Kier molecular flexibility index (Phi) is 4.39. The van der Waals surface area contributed by atoms with E-state index in [1.807, 2.05) is 25.1 Å². The molecule has 94 valence electrons. The van der Waals surface area contributed by atoms with Gasteiger partial charge in [0.1, 0.15) is 5.82 Å². The molecule has 0 atom stereocenters. The molecule has 0 unspecified atom stereocenters. The molecule has 0 aliphatic carbocycles. The first-order valence-electron chi connectivity index (χ1n) is 5.40. The SMILES string of the molecule is CCn1nccc1NC(=O)c1cc(Br)ccc1I. The Labute approximate surface area is 127 Å². The molecule has 0 saturated carbocycles. The van der Waals surface area contributed by atoms with Crippen molar-refractivity contribution in [2.75, 3.05) is 5.32 Å². The van der Waals surface area contributed by atoms with Crippen LogP contribution in [0.3, 0.4) is 0 Å². The summed E-state index contributed by atoms with van der Waals surface area (Å²) in [5.74, 6) is 0.578. The number of carbonyl (C=O) groups is 1. The van der Waals surface area contributed by atoms with E-state index in [4.69, 9.17) is 0 Å². The van der Waals surface area contributed by atoms with Crippen LogP contribution in [0.15, 0.2) is 34.9 Å². The molecule has 0 saturated heterocycles. The summed E-state index contributed by atoms with van der Waals surface area (Å²) in [7, 11) is 0. The fraction of sp³-hybridized carbons (Fsp3) is 0.167. The highest BCUT2D eigenvalue weighted by atomic mass is 127. The summed E-state index contributed by atoms with van der Waals surface area (Å²) in [6.45, 7) is 2.70. The third kappa shape index (κ3) is 2.92. The van der Waals surface area contributed by atoms with Gasteiger partial charge < -0.3 is 5.32 Å². The molecular formula is C12H11BrIN3O. The molecule has 1 heterocycles. The summed E-state index contributed by atoms with van der Waals surface area (Å²) >= 11 is 5.52. The number of nitrogens with one attached hydrogen (secondary N) is 1. The van der Waals surface area contributed by atoms with Gasteiger partial charge in [-0.05, 0) is 47.7 Å². The van der Waals surface area contributed by atoms with E-state index in [0.717, 1.165) is 14.6 Å².